The van der Waals surface area contributed by atoms with Crippen LogP contribution in [0, 0.1) is 19.7 Å². The van der Waals surface area contributed by atoms with Crippen LogP contribution in [0.25, 0.3) is 16.9 Å². The second-order valence-corrected chi connectivity index (χ2v) is 8.59. The summed E-state index contributed by atoms with van der Waals surface area (Å²) in [5.74, 6) is 0.478. The number of para-hydroxylation sites is 1. The Morgan fingerprint density at radius 3 is 2.55 bits per heavy atom. The number of hydrogen-bond donors (Lipinski definition) is 1. The number of rotatable bonds is 8. The van der Waals surface area contributed by atoms with Gasteiger partial charge in [0.1, 0.15) is 17.3 Å². The third-order valence-corrected chi connectivity index (χ3v) is 6.29. The molecule has 0 spiro atoms. The molecular formula is C24H25FN4OS. The summed E-state index contributed by atoms with van der Waals surface area (Å²) in [6.07, 6.45) is 2.77. The van der Waals surface area contributed by atoms with E-state index >= 15 is 0 Å². The summed E-state index contributed by atoms with van der Waals surface area (Å²) in [5.41, 5.74) is 4.31. The number of aryl methyl sites for hydroxylation is 2. The van der Waals surface area contributed by atoms with Gasteiger partial charge in [0.05, 0.1) is 23.5 Å². The summed E-state index contributed by atoms with van der Waals surface area (Å²) in [7, 11) is 1.64. The van der Waals surface area contributed by atoms with Crippen LogP contribution in [0.2, 0.25) is 0 Å². The first-order chi connectivity index (χ1) is 15.0. The number of nitrogens with one attached hydrogen (secondary N) is 1. The normalized spacial score (nSPS) is 11.1. The third-order valence-electron chi connectivity index (χ3n) is 5.16. The van der Waals surface area contributed by atoms with Gasteiger partial charge in [-0.2, -0.15) is 5.10 Å². The van der Waals surface area contributed by atoms with Gasteiger partial charge in [0, 0.05) is 41.7 Å². The SMILES string of the molecule is COc1ccc(-c2nn(-c3ccccc3F)cc2CNCCc2nc(C)c(C)s2)cc1. The minimum absolute atomic E-state index is 0.305. The average Bonchev–Trinajstić information content (AvgIpc) is 3.34. The maximum Gasteiger partial charge on any atom is 0.148 e. The minimum atomic E-state index is -0.305. The van der Waals surface area contributed by atoms with Gasteiger partial charge in [-0.05, 0) is 50.2 Å². The van der Waals surface area contributed by atoms with E-state index in [2.05, 4.69) is 17.2 Å². The molecule has 4 aromatic rings. The molecule has 0 aliphatic rings. The maximum absolute atomic E-state index is 14.3. The summed E-state index contributed by atoms with van der Waals surface area (Å²) in [6.45, 7) is 5.57. The Kier molecular flexibility index (Phi) is 6.44. The number of hydrogen-bond acceptors (Lipinski definition) is 5. The predicted molar refractivity (Wildman–Crippen MR) is 123 cm³/mol. The van der Waals surface area contributed by atoms with Crippen LogP contribution in [0.3, 0.4) is 0 Å². The maximum atomic E-state index is 14.3. The highest BCUT2D eigenvalue weighted by Gasteiger charge is 2.14. The number of aromatic nitrogens is 3. The Morgan fingerprint density at radius 1 is 1.10 bits per heavy atom. The summed E-state index contributed by atoms with van der Waals surface area (Å²) >= 11 is 1.75. The lowest BCUT2D eigenvalue weighted by molar-refractivity contribution is 0.415. The van der Waals surface area contributed by atoms with Crippen LogP contribution in [0.5, 0.6) is 5.75 Å². The molecule has 2 aromatic heterocycles. The number of ether oxygens (including phenoxy) is 1. The molecule has 160 valence electrons. The third kappa shape index (κ3) is 4.84. The molecule has 0 atom stereocenters. The summed E-state index contributed by atoms with van der Waals surface area (Å²) in [4.78, 5) is 5.86. The Morgan fingerprint density at radius 2 is 1.87 bits per heavy atom. The molecule has 0 aliphatic heterocycles. The van der Waals surface area contributed by atoms with Gasteiger partial charge >= 0.3 is 0 Å². The molecule has 1 N–H and O–H groups in total. The van der Waals surface area contributed by atoms with E-state index in [1.54, 1.807) is 35.3 Å². The molecule has 0 radical (unpaired) electrons. The van der Waals surface area contributed by atoms with E-state index in [0.717, 1.165) is 46.2 Å². The second kappa shape index (κ2) is 9.41. The fourth-order valence-electron chi connectivity index (χ4n) is 3.36. The molecular weight excluding hydrogens is 411 g/mol. The van der Waals surface area contributed by atoms with Gasteiger partial charge in [0.15, 0.2) is 0 Å². The molecule has 0 amide bonds. The van der Waals surface area contributed by atoms with Crippen molar-refractivity contribution < 1.29 is 9.13 Å². The highest BCUT2D eigenvalue weighted by molar-refractivity contribution is 7.11. The van der Waals surface area contributed by atoms with Crippen molar-refractivity contribution in [3.63, 3.8) is 0 Å². The zero-order valence-corrected chi connectivity index (χ0v) is 18.7. The lowest BCUT2D eigenvalue weighted by Gasteiger charge is -2.05. The quantitative estimate of drug-likeness (QED) is 0.391. The van der Waals surface area contributed by atoms with Gasteiger partial charge in [-0.15, -0.1) is 11.3 Å². The highest BCUT2D eigenvalue weighted by Crippen LogP contribution is 2.26. The molecule has 0 unspecified atom stereocenters. The summed E-state index contributed by atoms with van der Waals surface area (Å²) in [6, 6.07) is 14.4. The molecule has 0 saturated carbocycles. The molecule has 2 heterocycles. The monoisotopic (exact) mass is 436 g/mol. The van der Waals surface area contributed by atoms with Crippen molar-refractivity contribution >= 4 is 11.3 Å². The molecule has 0 bridgehead atoms. The van der Waals surface area contributed by atoms with Crippen LogP contribution in [-0.4, -0.2) is 28.4 Å². The van der Waals surface area contributed by atoms with Crippen LogP contribution in [0.4, 0.5) is 4.39 Å². The van der Waals surface area contributed by atoms with Crippen molar-refractivity contribution in [2.45, 2.75) is 26.8 Å². The largest absolute Gasteiger partial charge is 0.497 e. The fraction of sp³-hybridized carbons (Fsp3) is 0.250. The first kappa shape index (κ1) is 21.2. The lowest BCUT2D eigenvalue weighted by atomic mass is 10.1. The highest BCUT2D eigenvalue weighted by atomic mass is 32.1. The van der Waals surface area contributed by atoms with E-state index < -0.39 is 0 Å². The topological polar surface area (TPSA) is 52.0 Å². The summed E-state index contributed by atoms with van der Waals surface area (Å²) < 4.78 is 21.2. The Bertz CT molecular complexity index is 1150. The van der Waals surface area contributed by atoms with Gasteiger partial charge in [-0.25, -0.2) is 14.1 Å². The number of benzene rings is 2. The molecule has 5 nitrogen and oxygen atoms in total. The van der Waals surface area contributed by atoms with Crippen molar-refractivity contribution in [1.29, 1.82) is 0 Å². The van der Waals surface area contributed by atoms with E-state index in [0.29, 0.717) is 12.2 Å². The first-order valence-corrected chi connectivity index (χ1v) is 11.0. The Hall–Kier alpha value is -3.03. The molecule has 2 aromatic carbocycles. The summed E-state index contributed by atoms with van der Waals surface area (Å²) in [5, 5.41) is 9.33. The van der Waals surface area contributed by atoms with E-state index in [1.807, 2.05) is 43.5 Å². The number of nitrogens with zero attached hydrogens (tertiary/aromatic N) is 3. The van der Waals surface area contributed by atoms with Crippen molar-refractivity contribution in [2.75, 3.05) is 13.7 Å². The van der Waals surface area contributed by atoms with E-state index in [9.17, 15) is 4.39 Å². The lowest BCUT2D eigenvalue weighted by Crippen LogP contribution is -2.16. The van der Waals surface area contributed by atoms with Crippen molar-refractivity contribution in [3.05, 3.63) is 81.7 Å². The smallest absolute Gasteiger partial charge is 0.148 e. The second-order valence-electron chi connectivity index (χ2n) is 7.30. The Balaban J connectivity index is 1.56. The fourth-order valence-corrected chi connectivity index (χ4v) is 4.29. The van der Waals surface area contributed by atoms with Crippen molar-refractivity contribution in [2.24, 2.45) is 0 Å². The molecule has 0 fully saturated rings. The van der Waals surface area contributed by atoms with E-state index in [4.69, 9.17) is 9.84 Å². The molecule has 4 rings (SSSR count). The molecule has 0 saturated heterocycles. The van der Waals surface area contributed by atoms with Gasteiger partial charge in [-0.3, -0.25) is 0 Å². The van der Waals surface area contributed by atoms with Crippen LogP contribution in [0.15, 0.2) is 54.7 Å². The molecule has 31 heavy (non-hydrogen) atoms. The van der Waals surface area contributed by atoms with Gasteiger partial charge < -0.3 is 10.1 Å². The van der Waals surface area contributed by atoms with Crippen LogP contribution >= 0.6 is 11.3 Å². The van der Waals surface area contributed by atoms with Crippen LogP contribution < -0.4 is 10.1 Å². The number of halogens is 1. The average molecular weight is 437 g/mol. The van der Waals surface area contributed by atoms with Crippen LogP contribution in [0.1, 0.15) is 21.1 Å². The van der Waals surface area contributed by atoms with Crippen molar-refractivity contribution in [1.82, 2.24) is 20.1 Å². The van der Waals surface area contributed by atoms with Gasteiger partial charge in [-0.1, -0.05) is 12.1 Å². The zero-order chi connectivity index (χ0) is 21.8. The van der Waals surface area contributed by atoms with E-state index in [-0.39, 0.29) is 5.82 Å². The Labute approximate surface area is 185 Å². The predicted octanol–water partition coefficient (Wildman–Crippen LogP) is 5.09. The standard InChI is InChI=1S/C24H25FN4OS/c1-16-17(2)31-23(27-16)12-13-26-14-19-15-29(22-7-5-4-6-21(22)25)28-24(19)18-8-10-20(30-3)11-9-18/h4-11,15,26H,12-14H2,1-3H3. The first-order valence-electron chi connectivity index (χ1n) is 10.2. The van der Waals surface area contributed by atoms with Gasteiger partial charge in [0.2, 0.25) is 0 Å². The number of thiazole rings is 1. The molecule has 7 heteroatoms. The van der Waals surface area contributed by atoms with Crippen molar-refractivity contribution in [3.8, 4) is 22.7 Å². The number of methoxy groups -OCH3 is 1. The van der Waals surface area contributed by atoms with Crippen LogP contribution in [-0.2, 0) is 13.0 Å². The molecule has 0 aliphatic carbocycles. The minimum Gasteiger partial charge on any atom is -0.497 e. The van der Waals surface area contributed by atoms with Gasteiger partial charge in [0.25, 0.3) is 0 Å². The van der Waals surface area contributed by atoms with E-state index in [1.165, 1.54) is 10.9 Å². The zero-order valence-electron chi connectivity index (χ0n) is 17.9.